The van der Waals surface area contributed by atoms with Gasteiger partial charge < -0.3 is 4.90 Å². The molecule has 0 saturated carbocycles. The van der Waals surface area contributed by atoms with E-state index in [1.165, 1.54) is 22.4 Å². The van der Waals surface area contributed by atoms with Crippen LogP contribution in [-0.2, 0) is 8.53 Å². The summed E-state index contributed by atoms with van der Waals surface area (Å²) in [6.45, 7) is 3.29. The number of likely N-dealkylation sites (N-methyl/N-ethyl adjacent to an activating group) is 1. The van der Waals surface area contributed by atoms with Gasteiger partial charge in [-0.3, -0.25) is 4.79 Å². The second-order valence-electron chi connectivity index (χ2n) is 2.73. The summed E-state index contributed by atoms with van der Waals surface area (Å²) >= 11 is -3.12. The summed E-state index contributed by atoms with van der Waals surface area (Å²) in [4.78, 5) is 11.8. The summed E-state index contributed by atoms with van der Waals surface area (Å²) in [5, 5.41) is 0. The van der Waals surface area contributed by atoms with Crippen molar-refractivity contribution in [1.29, 1.82) is 0 Å². The van der Waals surface area contributed by atoms with E-state index in [9.17, 15) is 8.53 Å². The average Bonchev–Trinajstić information content (AvgIpc) is 1.82. The average molecular weight is 237 g/mol. The molecule has 72 valence electrons. The molecule has 5 heteroatoms. The van der Waals surface area contributed by atoms with Gasteiger partial charge in [0.2, 0.25) is 5.91 Å². The van der Waals surface area contributed by atoms with Gasteiger partial charge in [0.25, 0.3) is 0 Å². The molecule has 0 bridgehead atoms. The Morgan fingerprint density at radius 2 is 1.75 bits per heavy atom. The van der Waals surface area contributed by atoms with E-state index in [0.717, 1.165) is 0 Å². The number of rotatable bonds is 1. The summed E-state index contributed by atoms with van der Waals surface area (Å²) in [6, 6.07) is 0. The molecule has 1 N–H and O–H groups in total. The van der Waals surface area contributed by atoms with Crippen molar-refractivity contribution in [2.45, 2.75) is 11.4 Å². The van der Waals surface area contributed by atoms with Gasteiger partial charge in [-0.15, -0.1) is 0 Å². The molecule has 0 aliphatic carbocycles. The van der Waals surface area contributed by atoms with Gasteiger partial charge in [0.05, 0.1) is 0 Å². The molecule has 0 spiro atoms. The van der Waals surface area contributed by atoms with Crippen LogP contribution in [-0.4, -0.2) is 42.8 Å². The summed E-state index contributed by atoms with van der Waals surface area (Å²) < 4.78 is 18.0. The zero-order chi connectivity index (χ0) is 10.4. The Hall–Kier alpha value is -0.472. The standard InChI is InChI=1S/C5H9NO.C2H7AsO2/c1-4-5(7)6(2)3;1-3(2,4)5/h4H,1H2,2-3H3;1-2H3,(H,4,5). The molecular formula is C7H16AsNO3. The van der Waals surface area contributed by atoms with Crippen LogP contribution in [0.3, 0.4) is 0 Å². The van der Waals surface area contributed by atoms with Crippen molar-refractivity contribution in [3.05, 3.63) is 12.7 Å². The topological polar surface area (TPSA) is 57.6 Å². The van der Waals surface area contributed by atoms with Gasteiger partial charge in [-0.05, 0) is 6.08 Å². The Morgan fingerprint density at radius 3 is 1.75 bits per heavy atom. The van der Waals surface area contributed by atoms with Gasteiger partial charge >= 0.3 is 33.1 Å². The van der Waals surface area contributed by atoms with Crippen molar-refractivity contribution < 1.29 is 12.6 Å². The zero-order valence-electron chi connectivity index (χ0n) is 7.94. The summed E-state index contributed by atoms with van der Waals surface area (Å²) in [5.74, 6) is -0.0556. The predicted molar refractivity (Wildman–Crippen MR) is 49.3 cm³/mol. The SMILES string of the molecule is C=CC(=O)N(C)C.C[As](C)(=O)O. The third-order valence-electron chi connectivity index (χ3n) is 0.615. The first-order valence-electron chi connectivity index (χ1n) is 3.30. The van der Waals surface area contributed by atoms with Crippen molar-refractivity contribution in [1.82, 2.24) is 4.90 Å². The van der Waals surface area contributed by atoms with Crippen LogP contribution in [0.2, 0.25) is 11.4 Å². The number of hydrogen-bond donors (Lipinski definition) is 1. The van der Waals surface area contributed by atoms with Crippen LogP contribution >= 0.6 is 0 Å². The Morgan fingerprint density at radius 1 is 1.50 bits per heavy atom. The van der Waals surface area contributed by atoms with E-state index in [2.05, 4.69) is 6.58 Å². The number of carbonyl (C=O) groups excluding carboxylic acids is 1. The van der Waals surface area contributed by atoms with Gasteiger partial charge in [-0.25, -0.2) is 0 Å². The van der Waals surface area contributed by atoms with Crippen LogP contribution in [0.4, 0.5) is 0 Å². The van der Waals surface area contributed by atoms with E-state index in [0.29, 0.717) is 0 Å². The third-order valence-corrected chi connectivity index (χ3v) is 0.615. The normalized spacial score (nSPS) is 9.42. The minimum atomic E-state index is -3.12. The van der Waals surface area contributed by atoms with Crippen molar-refractivity contribution in [2.24, 2.45) is 0 Å². The van der Waals surface area contributed by atoms with Crippen LogP contribution < -0.4 is 0 Å². The molecule has 1 amide bonds. The van der Waals surface area contributed by atoms with Gasteiger partial charge in [-0.2, -0.15) is 0 Å². The second-order valence-corrected chi connectivity index (χ2v) is 8.16. The van der Waals surface area contributed by atoms with Crippen molar-refractivity contribution in [3.8, 4) is 0 Å². The van der Waals surface area contributed by atoms with E-state index in [1.54, 1.807) is 14.1 Å². The van der Waals surface area contributed by atoms with Gasteiger partial charge in [0, 0.05) is 14.1 Å². The molecular weight excluding hydrogens is 221 g/mol. The molecule has 0 fully saturated rings. The molecule has 0 aliphatic heterocycles. The second kappa shape index (κ2) is 6.09. The predicted octanol–water partition coefficient (Wildman–Crippen LogP) is 0.372. The Bertz CT molecular complexity index is 187. The quantitative estimate of drug-likeness (QED) is 0.529. The Kier molecular flexibility index (Phi) is 7.14. The van der Waals surface area contributed by atoms with E-state index in [4.69, 9.17) is 4.10 Å². The van der Waals surface area contributed by atoms with E-state index in [1.807, 2.05) is 0 Å². The maximum atomic E-state index is 10.3. The van der Waals surface area contributed by atoms with E-state index < -0.39 is 13.8 Å². The molecule has 0 radical (unpaired) electrons. The number of amides is 1. The van der Waals surface area contributed by atoms with Gasteiger partial charge in [0.1, 0.15) is 0 Å². The number of nitrogens with zero attached hydrogens (tertiary/aromatic N) is 1. The Labute approximate surface area is 75.9 Å². The molecule has 0 heterocycles. The summed E-state index contributed by atoms with van der Waals surface area (Å²) in [6.07, 6.45) is 1.28. The van der Waals surface area contributed by atoms with Crippen LogP contribution in [0.25, 0.3) is 0 Å². The monoisotopic (exact) mass is 237 g/mol. The molecule has 12 heavy (non-hydrogen) atoms. The Balaban J connectivity index is 0. The van der Waals surface area contributed by atoms with Gasteiger partial charge in [0.15, 0.2) is 0 Å². The van der Waals surface area contributed by atoms with E-state index >= 15 is 0 Å². The molecule has 0 aliphatic rings. The van der Waals surface area contributed by atoms with Crippen LogP contribution in [0, 0.1) is 0 Å². The fourth-order valence-corrected chi connectivity index (χ4v) is 0.183. The molecule has 4 nitrogen and oxygen atoms in total. The number of carbonyl (C=O) groups is 1. The molecule has 0 atom stereocenters. The van der Waals surface area contributed by atoms with Crippen LogP contribution in [0.15, 0.2) is 12.7 Å². The van der Waals surface area contributed by atoms with Crippen LogP contribution in [0.1, 0.15) is 0 Å². The van der Waals surface area contributed by atoms with Crippen molar-refractivity contribution >= 4 is 19.7 Å². The van der Waals surface area contributed by atoms with Crippen LogP contribution in [0.5, 0.6) is 0 Å². The van der Waals surface area contributed by atoms with Gasteiger partial charge in [-0.1, -0.05) is 6.58 Å². The summed E-state index contributed by atoms with van der Waals surface area (Å²) in [7, 11) is 3.37. The van der Waals surface area contributed by atoms with Crippen molar-refractivity contribution in [2.75, 3.05) is 14.1 Å². The van der Waals surface area contributed by atoms with E-state index in [-0.39, 0.29) is 5.91 Å². The maximum absolute atomic E-state index is 10.3. The first-order valence-corrected chi connectivity index (χ1v) is 8.65. The van der Waals surface area contributed by atoms with Crippen molar-refractivity contribution in [3.63, 3.8) is 0 Å². The first-order chi connectivity index (χ1) is 5.18. The first kappa shape index (κ1) is 14.1. The molecule has 0 unspecified atom stereocenters. The minimum absolute atomic E-state index is 0.0556. The molecule has 0 rings (SSSR count). The fraction of sp³-hybridized carbons (Fsp3) is 0.571. The molecule has 0 aromatic rings. The third kappa shape index (κ3) is 22.7. The molecule has 0 saturated heterocycles. The summed E-state index contributed by atoms with van der Waals surface area (Å²) in [5.41, 5.74) is 2.72. The fourth-order valence-electron chi connectivity index (χ4n) is 0.183. The number of hydrogen-bond acceptors (Lipinski definition) is 2. The zero-order valence-corrected chi connectivity index (χ0v) is 9.82. The molecule has 0 aromatic carbocycles. The molecule has 0 aromatic heterocycles.